The number of hydrogen-bond donors (Lipinski definition) is 1. The van der Waals surface area contributed by atoms with Crippen LogP contribution in [-0.2, 0) is 19.4 Å². The quantitative estimate of drug-likeness (QED) is 0.400. The van der Waals surface area contributed by atoms with Crippen molar-refractivity contribution in [1.29, 1.82) is 0 Å². The summed E-state index contributed by atoms with van der Waals surface area (Å²) >= 11 is 0. The summed E-state index contributed by atoms with van der Waals surface area (Å²) in [6.45, 7) is 1.21. The molecular weight excluding hydrogens is 450 g/mol. The Hall–Kier alpha value is -4.72. The van der Waals surface area contributed by atoms with Gasteiger partial charge in [0.15, 0.2) is 11.6 Å². The fourth-order valence-electron chi connectivity index (χ4n) is 4.36. The van der Waals surface area contributed by atoms with Gasteiger partial charge in [-0.3, -0.25) is 9.48 Å². The van der Waals surface area contributed by atoms with Crippen LogP contribution in [0.4, 0.5) is 0 Å². The normalized spacial score (nSPS) is 12.7. The molecule has 1 amide bonds. The maximum Gasteiger partial charge on any atom is 0.269 e. The molecule has 1 aliphatic rings. The van der Waals surface area contributed by atoms with Gasteiger partial charge in [0.25, 0.3) is 5.91 Å². The highest BCUT2D eigenvalue weighted by Crippen LogP contribution is 2.24. The van der Waals surface area contributed by atoms with E-state index in [9.17, 15) is 4.79 Å². The van der Waals surface area contributed by atoms with Crippen molar-refractivity contribution in [2.75, 3.05) is 6.54 Å². The van der Waals surface area contributed by atoms with Crippen LogP contribution in [0.15, 0.2) is 85.3 Å². The highest BCUT2D eigenvalue weighted by Gasteiger charge is 2.20. The highest BCUT2D eigenvalue weighted by atomic mass is 16.2. The fraction of sp³-hybridized carbons (Fsp3) is 0.143. The van der Waals surface area contributed by atoms with Gasteiger partial charge < -0.3 is 5.32 Å². The third-order valence-electron chi connectivity index (χ3n) is 6.23. The van der Waals surface area contributed by atoms with Crippen LogP contribution < -0.4 is 5.32 Å². The number of carbonyl (C=O) groups excluding carboxylic acids is 1. The lowest BCUT2D eigenvalue weighted by molar-refractivity contribution is 0.0924. The average Bonchev–Trinajstić information content (AvgIpc) is 3.39. The summed E-state index contributed by atoms with van der Waals surface area (Å²) in [5.74, 6) is 1.06. The predicted molar refractivity (Wildman–Crippen MR) is 136 cm³/mol. The molecule has 4 heterocycles. The zero-order valence-electron chi connectivity index (χ0n) is 19.5. The molecule has 1 aliphatic heterocycles. The summed E-state index contributed by atoms with van der Waals surface area (Å²) in [6, 6.07) is 22.3. The first-order valence-electron chi connectivity index (χ1n) is 11.9. The second-order valence-corrected chi connectivity index (χ2v) is 8.60. The minimum atomic E-state index is -0.123. The van der Waals surface area contributed by atoms with Gasteiger partial charge in [-0.2, -0.15) is 5.10 Å². The van der Waals surface area contributed by atoms with Crippen molar-refractivity contribution in [2.24, 2.45) is 0 Å². The molecule has 0 aliphatic carbocycles. The largest absolute Gasteiger partial charge is 0.349 e. The van der Waals surface area contributed by atoms with E-state index < -0.39 is 0 Å². The zero-order chi connectivity index (χ0) is 24.3. The summed E-state index contributed by atoms with van der Waals surface area (Å²) in [6.07, 6.45) is 7.05. The summed E-state index contributed by atoms with van der Waals surface area (Å²) < 4.78 is 1.71. The van der Waals surface area contributed by atoms with Gasteiger partial charge >= 0.3 is 0 Å². The number of nitrogens with one attached hydrogen (secondary N) is 1. The molecule has 2 aromatic carbocycles. The van der Waals surface area contributed by atoms with Crippen molar-refractivity contribution in [3.05, 3.63) is 102 Å². The minimum Gasteiger partial charge on any atom is -0.349 e. The van der Waals surface area contributed by atoms with Crippen molar-refractivity contribution < 1.29 is 4.79 Å². The van der Waals surface area contributed by atoms with Crippen molar-refractivity contribution in [3.8, 4) is 34.2 Å². The number of carbonyl (C=O) groups is 1. The Bertz CT molecular complexity index is 1530. The summed E-state index contributed by atoms with van der Waals surface area (Å²) in [5.41, 5.74) is 6.07. The number of amides is 1. The maximum absolute atomic E-state index is 12.1. The second kappa shape index (κ2) is 9.50. The molecule has 0 unspecified atom stereocenters. The van der Waals surface area contributed by atoms with Crippen LogP contribution >= 0.6 is 0 Å². The third kappa shape index (κ3) is 4.36. The summed E-state index contributed by atoms with van der Waals surface area (Å²) in [4.78, 5) is 30.4. The van der Waals surface area contributed by atoms with Crippen molar-refractivity contribution in [1.82, 2.24) is 35.0 Å². The molecule has 8 heteroatoms. The first kappa shape index (κ1) is 21.8. The lowest BCUT2D eigenvalue weighted by Gasteiger charge is -2.13. The molecule has 176 valence electrons. The predicted octanol–water partition coefficient (Wildman–Crippen LogP) is 3.99. The van der Waals surface area contributed by atoms with Crippen LogP contribution in [0, 0.1) is 0 Å². The Balaban J connectivity index is 1.25. The number of aromatic nitrogens is 6. The molecule has 5 aromatic rings. The molecule has 0 bridgehead atoms. The lowest BCUT2D eigenvalue weighted by atomic mass is 9.99. The van der Waals surface area contributed by atoms with Gasteiger partial charge in [-0.25, -0.2) is 19.9 Å². The second-order valence-electron chi connectivity index (χ2n) is 8.60. The standard InChI is InChI=1S/C28H23N7O/c36-28-25-16-24(34-35(25)15-14-30-28)23-12-13-29-26(33-23)21-17-31-27(32-18-21)22-9-5-4-8-20(22)11-10-19-6-2-1-3-7-19/h1-9,12-13,16-18H,10-11,14-15H2,(H,30,36). The van der Waals surface area contributed by atoms with Crippen LogP contribution in [0.5, 0.6) is 0 Å². The van der Waals surface area contributed by atoms with Crippen LogP contribution in [0.1, 0.15) is 21.6 Å². The van der Waals surface area contributed by atoms with Gasteiger partial charge in [0.2, 0.25) is 0 Å². The maximum atomic E-state index is 12.1. The van der Waals surface area contributed by atoms with E-state index in [0.717, 1.165) is 18.4 Å². The van der Waals surface area contributed by atoms with E-state index in [0.29, 0.717) is 47.4 Å². The van der Waals surface area contributed by atoms with Gasteiger partial charge in [-0.15, -0.1) is 0 Å². The topological polar surface area (TPSA) is 98.5 Å². The Morgan fingerprint density at radius 2 is 1.64 bits per heavy atom. The monoisotopic (exact) mass is 473 g/mol. The molecule has 3 aromatic heterocycles. The van der Waals surface area contributed by atoms with E-state index in [2.05, 4.69) is 72.8 Å². The molecule has 6 rings (SSSR count). The Morgan fingerprint density at radius 3 is 2.47 bits per heavy atom. The molecule has 0 radical (unpaired) electrons. The lowest BCUT2D eigenvalue weighted by Crippen LogP contribution is -2.35. The van der Waals surface area contributed by atoms with Crippen LogP contribution in [0.2, 0.25) is 0 Å². The molecule has 1 N–H and O–H groups in total. The fourth-order valence-corrected chi connectivity index (χ4v) is 4.36. The van der Waals surface area contributed by atoms with Crippen molar-refractivity contribution in [3.63, 3.8) is 0 Å². The zero-order valence-corrected chi connectivity index (χ0v) is 19.5. The first-order valence-corrected chi connectivity index (χ1v) is 11.9. The Labute approximate surface area is 208 Å². The number of fused-ring (bicyclic) bond motifs is 1. The van der Waals surface area contributed by atoms with Crippen LogP contribution in [-0.4, -0.2) is 42.2 Å². The van der Waals surface area contributed by atoms with Gasteiger partial charge in [0.05, 0.1) is 17.8 Å². The highest BCUT2D eigenvalue weighted by molar-refractivity contribution is 5.94. The molecule has 8 nitrogen and oxygen atoms in total. The minimum absolute atomic E-state index is 0.123. The third-order valence-corrected chi connectivity index (χ3v) is 6.23. The SMILES string of the molecule is O=C1NCCn2nc(-c3ccnc(-c4cnc(-c5ccccc5CCc5ccccc5)nc4)n3)cc21. The number of benzene rings is 2. The van der Waals surface area contributed by atoms with Gasteiger partial charge in [-0.05, 0) is 36.1 Å². The van der Waals surface area contributed by atoms with E-state index in [1.54, 1.807) is 35.4 Å². The van der Waals surface area contributed by atoms with Crippen LogP contribution in [0.3, 0.4) is 0 Å². The molecule has 0 saturated carbocycles. The van der Waals surface area contributed by atoms with Crippen LogP contribution in [0.25, 0.3) is 34.2 Å². The molecular formula is C28H23N7O. The van der Waals surface area contributed by atoms with Gasteiger partial charge in [-0.1, -0.05) is 54.6 Å². The van der Waals surface area contributed by atoms with Gasteiger partial charge in [0.1, 0.15) is 11.4 Å². The van der Waals surface area contributed by atoms with E-state index in [1.807, 2.05) is 12.1 Å². The first-order chi connectivity index (χ1) is 17.7. The Morgan fingerprint density at radius 1 is 0.833 bits per heavy atom. The van der Waals surface area contributed by atoms with E-state index >= 15 is 0 Å². The molecule has 0 fully saturated rings. The van der Waals surface area contributed by atoms with E-state index in [1.165, 1.54) is 11.1 Å². The number of aryl methyl sites for hydroxylation is 2. The smallest absolute Gasteiger partial charge is 0.269 e. The van der Waals surface area contributed by atoms with Crippen molar-refractivity contribution >= 4 is 5.91 Å². The molecule has 0 spiro atoms. The molecule has 36 heavy (non-hydrogen) atoms. The Kier molecular flexibility index (Phi) is 5.75. The molecule has 0 atom stereocenters. The average molecular weight is 474 g/mol. The summed E-state index contributed by atoms with van der Waals surface area (Å²) in [7, 11) is 0. The van der Waals surface area contributed by atoms with E-state index in [4.69, 9.17) is 0 Å². The number of rotatable bonds is 6. The van der Waals surface area contributed by atoms with Crippen molar-refractivity contribution in [2.45, 2.75) is 19.4 Å². The van der Waals surface area contributed by atoms with E-state index in [-0.39, 0.29) is 5.91 Å². The number of hydrogen-bond acceptors (Lipinski definition) is 6. The molecule has 0 saturated heterocycles. The summed E-state index contributed by atoms with van der Waals surface area (Å²) in [5, 5.41) is 7.37. The van der Waals surface area contributed by atoms with Gasteiger partial charge in [0, 0.05) is 30.7 Å². The number of nitrogens with zero attached hydrogens (tertiary/aromatic N) is 6.